The number of oxazole rings is 1. The van der Waals surface area contributed by atoms with Crippen molar-refractivity contribution in [1.82, 2.24) is 9.71 Å². The molecule has 0 aliphatic heterocycles. The molecule has 0 aromatic carbocycles. The van der Waals surface area contributed by atoms with E-state index >= 15 is 0 Å². The second-order valence-electron chi connectivity index (χ2n) is 4.96. The van der Waals surface area contributed by atoms with Crippen molar-refractivity contribution in [3.05, 3.63) is 24.2 Å². The molecule has 5 nitrogen and oxygen atoms in total. The van der Waals surface area contributed by atoms with Gasteiger partial charge in [-0.25, -0.2) is 18.1 Å². The molecule has 3 rings (SSSR count). The molecule has 2 aromatic heterocycles. The molecular weight excluding hydrogens is 296 g/mol. The van der Waals surface area contributed by atoms with E-state index in [0.717, 1.165) is 30.6 Å². The summed E-state index contributed by atoms with van der Waals surface area (Å²) in [7, 11) is -3.42. The van der Waals surface area contributed by atoms with E-state index in [9.17, 15) is 8.42 Å². The fourth-order valence-corrected chi connectivity index (χ4v) is 4.97. The van der Waals surface area contributed by atoms with Gasteiger partial charge in [-0.1, -0.05) is 12.8 Å². The predicted molar refractivity (Wildman–Crippen MR) is 77.1 cm³/mol. The van der Waals surface area contributed by atoms with Crippen molar-refractivity contribution in [1.29, 1.82) is 0 Å². The fourth-order valence-electron chi connectivity index (χ4n) is 2.39. The first-order chi connectivity index (χ1) is 9.54. The van der Waals surface area contributed by atoms with Crippen molar-refractivity contribution < 1.29 is 12.8 Å². The first-order valence-electron chi connectivity index (χ1n) is 6.59. The number of aryl methyl sites for hydroxylation is 1. The molecule has 1 aliphatic rings. The van der Waals surface area contributed by atoms with Gasteiger partial charge < -0.3 is 4.42 Å². The van der Waals surface area contributed by atoms with Crippen LogP contribution in [0.4, 0.5) is 0 Å². The molecule has 1 saturated carbocycles. The van der Waals surface area contributed by atoms with Gasteiger partial charge in [0.15, 0.2) is 11.7 Å². The summed E-state index contributed by atoms with van der Waals surface area (Å²) in [4.78, 5) is 4.80. The average molecular weight is 312 g/mol. The molecule has 0 amide bonds. The summed E-state index contributed by atoms with van der Waals surface area (Å²) < 4.78 is 33.1. The maximum Gasteiger partial charge on any atom is 0.250 e. The van der Waals surface area contributed by atoms with Gasteiger partial charge in [0.2, 0.25) is 10.0 Å². The molecule has 2 aromatic rings. The third-order valence-corrected chi connectivity index (χ3v) is 6.50. The highest BCUT2D eigenvalue weighted by Gasteiger charge is 2.24. The van der Waals surface area contributed by atoms with E-state index < -0.39 is 10.0 Å². The lowest BCUT2D eigenvalue weighted by Gasteiger charge is -2.10. The van der Waals surface area contributed by atoms with Crippen LogP contribution in [0.5, 0.6) is 0 Å². The Morgan fingerprint density at radius 3 is 2.75 bits per heavy atom. The van der Waals surface area contributed by atoms with Crippen LogP contribution in [0.1, 0.15) is 31.6 Å². The minimum Gasteiger partial charge on any atom is -0.440 e. The highest BCUT2D eigenvalue weighted by Crippen LogP contribution is 2.31. The van der Waals surface area contributed by atoms with Crippen LogP contribution in [-0.4, -0.2) is 19.4 Å². The summed E-state index contributed by atoms with van der Waals surface area (Å²) in [6.45, 7) is 1.76. The summed E-state index contributed by atoms with van der Waals surface area (Å²) >= 11 is 1.21. The third kappa shape index (κ3) is 2.79. The molecule has 2 heterocycles. The van der Waals surface area contributed by atoms with E-state index in [4.69, 9.17) is 4.42 Å². The number of rotatable bonds is 4. The molecule has 0 bridgehead atoms. The van der Waals surface area contributed by atoms with E-state index in [1.165, 1.54) is 11.3 Å². The van der Waals surface area contributed by atoms with Crippen LogP contribution in [0.25, 0.3) is 10.6 Å². The lowest BCUT2D eigenvalue weighted by molar-refractivity contribution is 0.535. The Balaban J connectivity index is 1.81. The van der Waals surface area contributed by atoms with Gasteiger partial charge in [-0.05, 0) is 25.0 Å². The van der Waals surface area contributed by atoms with Crippen molar-refractivity contribution in [3.8, 4) is 10.6 Å². The summed E-state index contributed by atoms with van der Waals surface area (Å²) in [5.74, 6) is 1.18. The van der Waals surface area contributed by atoms with Gasteiger partial charge in [0.25, 0.3) is 0 Å². The van der Waals surface area contributed by atoms with Gasteiger partial charge in [0.05, 0.1) is 11.1 Å². The van der Waals surface area contributed by atoms with Gasteiger partial charge in [-0.2, -0.15) is 0 Å². The summed E-state index contributed by atoms with van der Waals surface area (Å²) in [6.07, 6.45) is 5.67. The maximum absolute atomic E-state index is 12.3. The number of aromatic nitrogens is 1. The molecule has 0 radical (unpaired) electrons. The van der Waals surface area contributed by atoms with Crippen LogP contribution in [-0.2, 0) is 10.0 Å². The normalized spacial score (nSPS) is 16.9. The molecule has 0 atom stereocenters. The quantitative estimate of drug-likeness (QED) is 0.942. The zero-order valence-electron chi connectivity index (χ0n) is 11.1. The van der Waals surface area contributed by atoms with E-state index in [1.807, 2.05) is 0 Å². The first-order valence-corrected chi connectivity index (χ1v) is 8.89. The minimum atomic E-state index is -3.42. The van der Waals surface area contributed by atoms with Crippen LogP contribution >= 0.6 is 11.3 Å². The third-order valence-electron chi connectivity index (χ3n) is 3.39. The summed E-state index contributed by atoms with van der Waals surface area (Å²) in [5, 5.41) is 0. The smallest absolute Gasteiger partial charge is 0.250 e. The molecule has 20 heavy (non-hydrogen) atoms. The summed E-state index contributed by atoms with van der Waals surface area (Å²) in [6, 6.07) is 3.46. The van der Waals surface area contributed by atoms with E-state index in [2.05, 4.69) is 9.71 Å². The zero-order chi connectivity index (χ0) is 14.2. The van der Waals surface area contributed by atoms with Gasteiger partial charge in [0, 0.05) is 13.0 Å². The van der Waals surface area contributed by atoms with Crippen molar-refractivity contribution in [2.24, 2.45) is 0 Å². The molecule has 0 saturated heterocycles. The monoisotopic (exact) mass is 312 g/mol. The highest BCUT2D eigenvalue weighted by molar-refractivity contribution is 7.91. The lowest BCUT2D eigenvalue weighted by Crippen LogP contribution is -2.32. The zero-order valence-corrected chi connectivity index (χ0v) is 12.8. The van der Waals surface area contributed by atoms with E-state index in [1.54, 1.807) is 25.3 Å². The number of nitrogens with one attached hydrogen (secondary N) is 1. The standard InChI is InChI=1S/C13H16N2O3S2/c1-9-14-8-11(18-9)12-6-7-13(19-12)20(16,17)15-10-4-2-3-5-10/h6-8,10,15H,2-5H2,1H3. The second kappa shape index (κ2) is 5.31. The predicted octanol–water partition coefficient (Wildman–Crippen LogP) is 2.93. The molecule has 1 N–H and O–H groups in total. The summed E-state index contributed by atoms with van der Waals surface area (Å²) in [5.41, 5.74) is 0. The number of thiophene rings is 1. The van der Waals surface area contributed by atoms with Crippen LogP contribution in [0.2, 0.25) is 0 Å². The fraction of sp³-hybridized carbons (Fsp3) is 0.462. The topological polar surface area (TPSA) is 72.2 Å². The van der Waals surface area contributed by atoms with Crippen molar-refractivity contribution in [2.75, 3.05) is 0 Å². The lowest BCUT2D eigenvalue weighted by atomic mass is 10.3. The van der Waals surface area contributed by atoms with Crippen molar-refractivity contribution >= 4 is 21.4 Å². The van der Waals surface area contributed by atoms with Gasteiger partial charge in [-0.3, -0.25) is 0 Å². The van der Waals surface area contributed by atoms with Gasteiger partial charge in [0.1, 0.15) is 4.21 Å². The van der Waals surface area contributed by atoms with Crippen LogP contribution < -0.4 is 4.72 Å². The van der Waals surface area contributed by atoms with Gasteiger partial charge >= 0.3 is 0 Å². The van der Waals surface area contributed by atoms with Crippen LogP contribution in [0.15, 0.2) is 27.0 Å². The maximum atomic E-state index is 12.3. The van der Waals surface area contributed by atoms with E-state index in [0.29, 0.717) is 15.9 Å². The molecule has 1 aliphatic carbocycles. The van der Waals surface area contributed by atoms with Crippen molar-refractivity contribution in [2.45, 2.75) is 42.9 Å². The highest BCUT2D eigenvalue weighted by atomic mass is 32.2. The largest absolute Gasteiger partial charge is 0.440 e. The number of sulfonamides is 1. The Kier molecular flexibility index (Phi) is 3.66. The molecule has 0 unspecified atom stereocenters. The molecule has 108 valence electrons. The first kappa shape index (κ1) is 13.8. The molecule has 0 spiro atoms. The number of nitrogens with zero attached hydrogens (tertiary/aromatic N) is 1. The molecular formula is C13H16N2O3S2. The number of hydrogen-bond donors (Lipinski definition) is 1. The molecule has 7 heteroatoms. The van der Waals surface area contributed by atoms with Crippen LogP contribution in [0.3, 0.4) is 0 Å². The van der Waals surface area contributed by atoms with E-state index in [-0.39, 0.29) is 6.04 Å². The Labute approximate surface area is 122 Å². The Bertz CT molecular complexity index is 697. The minimum absolute atomic E-state index is 0.0815. The Morgan fingerprint density at radius 1 is 1.35 bits per heavy atom. The molecule has 1 fully saturated rings. The van der Waals surface area contributed by atoms with Crippen LogP contribution in [0, 0.1) is 6.92 Å². The number of hydrogen-bond acceptors (Lipinski definition) is 5. The SMILES string of the molecule is Cc1ncc(-c2ccc(S(=O)(=O)NC3CCCC3)s2)o1. The Hall–Kier alpha value is -1.18. The second-order valence-corrected chi connectivity index (χ2v) is 7.99. The van der Waals surface area contributed by atoms with Crippen molar-refractivity contribution in [3.63, 3.8) is 0 Å². The average Bonchev–Trinajstić information content (AvgIpc) is 3.07. The van der Waals surface area contributed by atoms with Gasteiger partial charge in [-0.15, -0.1) is 11.3 Å². The Morgan fingerprint density at radius 2 is 2.10 bits per heavy atom.